The van der Waals surface area contributed by atoms with E-state index in [9.17, 15) is 9.90 Å². The number of carbonyl (C=O) groups is 1. The second-order valence-electron chi connectivity index (χ2n) is 5.07. The lowest BCUT2D eigenvalue weighted by Crippen LogP contribution is -2.24. The van der Waals surface area contributed by atoms with Gasteiger partial charge in [0.05, 0.1) is 7.11 Å². The van der Waals surface area contributed by atoms with Gasteiger partial charge in [0, 0.05) is 28.5 Å². The highest BCUT2D eigenvalue weighted by Crippen LogP contribution is 2.30. The summed E-state index contributed by atoms with van der Waals surface area (Å²) in [6.07, 6.45) is -0.360. The third-order valence-electron chi connectivity index (χ3n) is 3.46. The molecular weight excluding hydrogens is 330 g/mol. The Bertz CT molecular complexity index is 854. The van der Waals surface area contributed by atoms with Crippen molar-refractivity contribution in [2.45, 2.75) is 6.42 Å². The minimum atomic E-state index is -1.23. The Labute approximate surface area is 143 Å². The number of halogens is 1. The fourth-order valence-electron chi connectivity index (χ4n) is 2.29. The third-order valence-corrected chi connectivity index (χ3v) is 3.71. The van der Waals surface area contributed by atoms with Crippen LogP contribution in [-0.4, -0.2) is 18.1 Å². The standard InChI is InChI=1S/C18H14ClNO4/c1-23-14-8-4-12(5-9-14)18-20-17(15(24-18)10-16(21)22)11-2-6-13(19)7-3-11/h2-9H,10H2,1H3,(H,21,22)/p-1. The number of benzene rings is 2. The second-order valence-corrected chi connectivity index (χ2v) is 5.51. The molecule has 3 rings (SSSR count). The van der Waals surface area contributed by atoms with E-state index in [-0.39, 0.29) is 12.2 Å². The van der Waals surface area contributed by atoms with Gasteiger partial charge in [-0.25, -0.2) is 4.98 Å². The molecule has 0 N–H and O–H groups in total. The van der Waals surface area contributed by atoms with E-state index in [1.807, 2.05) is 0 Å². The largest absolute Gasteiger partial charge is 0.550 e. The van der Waals surface area contributed by atoms with Gasteiger partial charge in [-0.1, -0.05) is 23.7 Å². The molecule has 0 fully saturated rings. The number of nitrogens with zero attached hydrogens (tertiary/aromatic N) is 1. The number of carboxylic acid groups (broad SMARTS) is 1. The van der Waals surface area contributed by atoms with Crippen molar-refractivity contribution in [3.63, 3.8) is 0 Å². The Morgan fingerprint density at radius 1 is 1.12 bits per heavy atom. The molecule has 0 unspecified atom stereocenters. The first-order chi connectivity index (χ1) is 11.6. The van der Waals surface area contributed by atoms with Crippen LogP contribution in [0.15, 0.2) is 52.9 Å². The van der Waals surface area contributed by atoms with Gasteiger partial charge >= 0.3 is 0 Å². The fourth-order valence-corrected chi connectivity index (χ4v) is 2.42. The predicted molar refractivity (Wildman–Crippen MR) is 87.6 cm³/mol. The van der Waals surface area contributed by atoms with Crippen molar-refractivity contribution in [1.82, 2.24) is 4.98 Å². The zero-order chi connectivity index (χ0) is 17.1. The number of rotatable bonds is 5. The summed E-state index contributed by atoms with van der Waals surface area (Å²) in [7, 11) is 1.58. The van der Waals surface area contributed by atoms with Crippen LogP contribution in [0.4, 0.5) is 0 Å². The topological polar surface area (TPSA) is 75.4 Å². The zero-order valence-electron chi connectivity index (χ0n) is 12.8. The van der Waals surface area contributed by atoms with Crippen LogP contribution in [0.5, 0.6) is 5.75 Å². The Hall–Kier alpha value is -2.79. The number of carboxylic acids is 1. The van der Waals surface area contributed by atoms with Gasteiger partial charge in [-0.15, -0.1) is 0 Å². The first kappa shape index (κ1) is 16.1. The molecular formula is C18H13ClNO4-. The molecule has 1 heterocycles. The molecule has 24 heavy (non-hydrogen) atoms. The second kappa shape index (κ2) is 6.76. The van der Waals surface area contributed by atoms with Crippen molar-refractivity contribution >= 4 is 17.6 Å². The summed E-state index contributed by atoms with van der Waals surface area (Å²) in [5.74, 6) is 0.0443. The number of carbonyl (C=O) groups excluding carboxylic acids is 1. The molecule has 0 aliphatic rings. The predicted octanol–water partition coefficient (Wildman–Crippen LogP) is 2.96. The summed E-state index contributed by atoms with van der Waals surface area (Å²) in [6, 6.07) is 14.1. The quantitative estimate of drug-likeness (QED) is 0.712. The van der Waals surface area contributed by atoms with E-state index in [0.717, 1.165) is 11.1 Å². The highest BCUT2D eigenvalue weighted by atomic mass is 35.5. The molecule has 2 aromatic carbocycles. The van der Waals surface area contributed by atoms with E-state index in [1.165, 1.54) is 0 Å². The van der Waals surface area contributed by atoms with Gasteiger partial charge in [0.1, 0.15) is 17.2 Å². The number of aromatic nitrogens is 1. The number of methoxy groups -OCH3 is 1. The molecule has 0 bridgehead atoms. The SMILES string of the molecule is COc1ccc(-c2nc(-c3ccc(Cl)cc3)c(CC(=O)[O-])o2)cc1. The van der Waals surface area contributed by atoms with Crippen LogP contribution in [0, 0.1) is 0 Å². The molecule has 0 aliphatic heterocycles. The molecule has 0 saturated heterocycles. The summed E-state index contributed by atoms with van der Waals surface area (Å²) in [6.45, 7) is 0. The van der Waals surface area contributed by atoms with Crippen LogP contribution >= 0.6 is 11.6 Å². The molecule has 1 aromatic heterocycles. The van der Waals surface area contributed by atoms with Crippen LogP contribution in [-0.2, 0) is 11.2 Å². The Morgan fingerprint density at radius 2 is 1.75 bits per heavy atom. The van der Waals surface area contributed by atoms with Gasteiger partial charge in [0.25, 0.3) is 0 Å². The van der Waals surface area contributed by atoms with Crippen LogP contribution in [0.2, 0.25) is 5.02 Å². The molecule has 0 amide bonds. The van der Waals surface area contributed by atoms with E-state index in [1.54, 1.807) is 55.6 Å². The van der Waals surface area contributed by atoms with Crippen LogP contribution in [0.25, 0.3) is 22.7 Å². The van der Waals surface area contributed by atoms with Gasteiger partial charge in [0.15, 0.2) is 0 Å². The summed E-state index contributed by atoms with van der Waals surface area (Å²) in [5.41, 5.74) is 1.90. The van der Waals surface area contributed by atoms with Crippen LogP contribution < -0.4 is 9.84 Å². The summed E-state index contributed by atoms with van der Waals surface area (Å²) < 4.78 is 10.8. The number of hydrogen-bond acceptors (Lipinski definition) is 5. The summed E-state index contributed by atoms with van der Waals surface area (Å²) >= 11 is 5.89. The molecule has 0 spiro atoms. The van der Waals surface area contributed by atoms with Crippen LogP contribution in [0.3, 0.4) is 0 Å². The Balaban J connectivity index is 2.04. The average Bonchev–Trinajstić information content (AvgIpc) is 2.98. The number of oxazole rings is 1. The van der Waals surface area contributed by atoms with Gasteiger partial charge in [-0.2, -0.15) is 0 Å². The first-order valence-electron chi connectivity index (χ1n) is 7.16. The van der Waals surface area contributed by atoms with E-state index < -0.39 is 5.97 Å². The van der Waals surface area contributed by atoms with Crippen molar-refractivity contribution in [1.29, 1.82) is 0 Å². The van der Waals surface area contributed by atoms with E-state index in [2.05, 4.69) is 4.98 Å². The van der Waals surface area contributed by atoms with Gasteiger partial charge in [-0.3, -0.25) is 0 Å². The minimum Gasteiger partial charge on any atom is -0.550 e. The van der Waals surface area contributed by atoms with E-state index in [0.29, 0.717) is 22.4 Å². The normalized spacial score (nSPS) is 10.6. The van der Waals surface area contributed by atoms with Crippen molar-refractivity contribution in [3.05, 3.63) is 59.3 Å². The smallest absolute Gasteiger partial charge is 0.226 e. The summed E-state index contributed by atoms with van der Waals surface area (Å²) in [4.78, 5) is 15.4. The van der Waals surface area contributed by atoms with E-state index >= 15 is 0 Å². The monoisotopic (exact) mass is 342 g/mol. The zero-order valence-corrected chi connectivity index (χ0v) is 13.5. The highest BCUT2D eigenvalue weighted by Gasteiger charge is 2.16. The maximum absolute atomic E-state index is 11.0. The maximum Gasteiger partial charge on any atom is 0.226 e. The van der Waals surface area contributed by atoms with Crippen molar-refractivity contribution < 1.29 is 19.1 Å². The van der Waals surface area contributed by atoms with E-state index in [4.69, 9.17) is 20.8 Å². The molecule has 0 saturated carbocycles. The molecule has 0 radical (unpaired) electrons. The van der Waals surface area contributed by atoms with Gasteiger partial charge in [-0.05, 0) is 36.4 Å². The number of aliphatic carboxylic acids is 1. The molecule has 122 valence electrons. The molecule has 5 nitrogen and oxygen atoms in total. The molecule has 6 heteroatoms. The fraction of sp³-hybridized carbons (Fsp3) is 0.111. The van der Waals surface area contributed by atoms with Crippen molar-refractivity contribution in [2.75, 3.05) is 7.11 Å². The Morgan fingerprint density at radius 3 is 2.33 bits per heavy atom. The third kappa shape index (κ3) is 3.41. The maximum atomic E-state index is 11.0. The van der Waals surface area contributed by atoms with Gasteiger partial charge < -0.3 is 19.1 Å². The number of hydrogen-bond donors (Lipinski definition) is 0. The summed E-state index contributed by atoms with van der Waals surface area (Å²) in [5, 5.41) is 11.6. The average molecular weight is 343 g/mol. The Kier molecular flexibility index (Phi) is 4.53. The first-order valence-corrected chi connectivity index (χ1v) is 7.54. The lowest BCUT2D eigenvalue weighted by molar-refractivity contribution is -0.305. The van der Waals surface area contributed by atoms with Crippen LogP contribution in [0.1, 0.15) is 5.76 Å². The molecule has 3 aromatic rings. The minimum absolute atomic E-state index is 0.239. The van der Waals surface area contributed by atoms with Gasteiger partial charge in [0.2, 0.25) is 5.89 Å². The highest BCUT2D eigenvalue weighted by molar-refractivity contribution is 6.30. The van der Waals surface area contributed by atoms with Crippen molar-refractivity contribution in [3.8, 4) is 28.5 Å². The lowest BCUT2D eigenvalue weighted by atomic mass is 10.1. The lowest BCUT2D eigenvalue weighted by Gasteiger charge is -2.02. The molecule has 0 aliphatic carbocycles. The number of ether oxygens (including phenoxy) is 1. The van der Waals surface area contributed by atoms with Crippen molar-refractivity contribution in [2.24, 2.45) is 0 Å². The molecule has 0 atom stereocenters.